The van der Waals surface area contributed by atoms with Crippen molar-refractivity contribution in [2.24, 2.45) is 5.92 Å². The molecule has 2 unspecified atom stereocenters. The van der Waals surface area contributed by atoms with E-state index in [0.717, 1.165) is 48.0 Å². The summed E-state index contributed by atoms with van der Waals surface area (Å²) in [7, 11) is 3.95. The number of likely N-dealkylation sites (tertiary alicyclic amines) is 1. The third-order valence-electron chi connectivity index (χ3n) is 8.02. The monoisotopic (exact) mass is 540 g/mol. The van der Waals surface area contributed by atoms with Crippen LogP contribution < -0.4 is 15.0 Å². The van der Waals surface area contributed by atoms with Crippen LogP contribution in [0.3, 0.4) is 0 Å². The van der Waals surface area contributed by atoms with Crippen LogP contribution >= 0.6 is 11.8 Å². The van der Waals surface area contributed by atoms with Crippen LogP contribution in [0.1, 0.15) is 50.7 Å². The molecule has 3 fully saturated rings. The Morgan fingerprint density at radius 3 is 2.76 bits per heavy atom. The van der Waals surface area contributed by atoms with E-state index >= 15 is 0 Å². The number of ether oxygens (including phenoxy) is 1. The number of rotatable bonds is 11. The van der Waals surface area contributed by atoms with Gasteiger partial charge in [-0.05, 0) is 93.9 Å². The summed E-state index contributed by atoms with van der Waals surface area (Å²) in [5, 5.41) is 3.33. The van der Waals surface area contributed by atoms with Gasteiger partial charge in [0, 0.05) is 43.1 Å². The minimum atomic E-state index is 0.314. The van der Waals surface area contributed by atoms with E-state index in [1.807, 2.05) is 45.2 Å². The summed E-state index contributed by atoms with van der Waals surface area (Å²) in [6.07, 6.45) is 7.76. The van der Waals surface area contributed by atoms with Crippen molar-refractivity contribution in [2.75, 3.05) is 62.1 Å². The van der Waals surface area contributed by atoms with E-state index < -0.39 is 0 Å². The van der Waals surface area contributed by atoms with Gasteiger partial charge in [-0.1, -0.05) is 13.8 Å². The Morgan fingerprint density at radius 1 is 1.26 bits per heavy atom. The lowest BCUT2D eigenvalue weighted by Crippen LogP contribution is -2.38. The Labute approximate surface area is 232 Å². The highest BCUT2D eigenvalue weighted by Crippen LogP contribution is 2.56. The van der Waals surface area contributed by atoms with Gasteiger partial charge in [-0.25, -0.2) is 4.98 Å². The molecule has 8 nitrogen and oxygen atoms in total. The maximum Gasteiger partial charge on any atom is 0.229 e. The molecule has 1 amide bonds. The number of thioether (sulfide) groups is 1. The highest BCUT2D eigenvalue weighted by Gasteiger charge is 2.57. The van der Waals surface area contributed by atoms with Gasteiger partial charge in [-0.3, -0.25) is 14.6 Å². The van der Waals surface area contributed by atoms with Crippen LogP contribution in [-0.2, 0) is 11.3 Å². The maximum absolute atomic E-state index is 11.7. The number of nitrogens with zero attached hydrogens (tertiary/aromatic N) is 5. The summed E-state index contributed by atoms with van der Waals surface area (Å²) in [5.74, 6) is 5.26. The normalized spacial score (nSPS) is 22.3. The number of aromatic nitrogens is 2. The molecule has 1 aliphatic carbocycles. The Hall–Kier alpha value is -2.36. The van der Waals surface area contributed by atoms with Crippen molar-refractivity contribution in [1.82, 2.24) is 19.8 Å². The van der Waals surface area contributed by atoms with E-state index in [4.69, 9.17) is 9.72 Å². The first kappa shape index (κ1) is 28.6. The van der Waals surface area contributed by atoms with Crippen molar-refractivity contribution in [3.8, 4) is 5.75 Å². The van der Waals surface area contributed by atoms with Crippen LogP contribution in [-0.4, -0.2) is 83.6 Å². The first-order valence-electron chi connectivity index (χ1n) is 14.0. The molecule has 0 radical (unpaired) electrons. The number of fused-ring (bicyclic) bond motifs is 1. The van der Waals surface area contributed by atoms with Gasteiger partial charge in [0.1, 0.15) is 18.2 Å². The predicted octanol–water partition coefficient (Wildman–Crippen LogP) is 4.95. The summed E-state index contributed by atoms with van der Waals surface area (Å²) in [6.45, 7) is 10.8. The average molecular weight is 541 g/mol. The molecule has 3 aliphatic rings. The van der Waals surface area contributed by atoms with Crippen LogP contribution in [0.4, 0.5) is 17.5 Å². The third kappa shape index (κ3) is 6.61. The van der Waals surface area contributed by atoms with E-state index in [0.29, 0.717) is 23.9 Å². The van der Waals surface area contributed by atoms with Crippen LogP contribution in [0.25, 0.3) is 0 Å². The Balaban J connectivity index is 0.00000164. The van der Waals surface area contributed by atoms with Gasteiger partial charge in [0.2, 0.25) is 12.4 Å². The Bertz CT molecular complexity index is 1080. The first-order valence-corrected chi connectivity index (χ1v) is 15.2. The lowest BCUT2D eigenvalue weighted by atomic mass is 10.1. The number of nitrogens with one attached hydrogen (secondary N) is 1. The van der Waals surface area contributed by atoms with E-state index in [9.17, 15) is 4.79 Å². The lowest BCUT2D eigenvalue weighted by molar-refractivity contribution is -0.107. The van der Waals surface area contributed by atoms with Crippen molar-refractivity contribution in [3.05, 3.63) is 35.5 Å². The van der Waals surface area contributed by atoms with Gasteiger partial charge < -0.3 is 15.0 Å². The van der Waals surface area contributed by atoms with Gasteiger partial charge in [-0.2, -0.15) is 16.7 Å². The standard InChI is InChI=1S/C27H38N6O2S.C2H6/c1-20-14-23(35-12-11-33-9-4-5-10-33)6-7-24(20)29-26-28-16-21(25(30-26)31(2)19-34)17-32(3)27-8-13-36-18-22(27)15-27;1-2/h6-7,14,16,19,22H,4-5,8-13,15,17-18H2,1-3H3,(H,28,29,30);1-2H3. The van der Waals surface area contributed by atoms with Gasteiger partial charge in [0.25, 0.3) is 0 Å². The van der Waals surface area contributed by atoms with Crippen LogP contribution in [0.5, 0.6) is 5.75 Å². The quantitative estimate of drug-likeness (QED) is 0.402. The summed E-state index contributed by atoms with van der Waals surface area (Å²) in [4.78, 5) is 27.5. The second-order valence-corrected chi connectivity index (χ2v) is 11.6. The van der Waals surface area contributed by atoms with Crippen molar-refractivity contribution >= 4 is 35.6 Å². The van der Waals surface area contributed by atoms with Crippen LogP contribution in [0, 0.1) is 12.8 Å². The molecule has 0 spiro atoms. The number of hydrogen-bond acceptors (Lipinski definition) is 8. The van der Waals surface area contributed by atoms with Gasteiger partial charge >= 0.3 is 0 Å². The smallest absolute Gasteiger partial charge is 0.229 e. The molecular weight excluding hydrogens is 496 g/mol. The van der Waals surface area contributed by atoms with Crippen LogP contribution in [0.2, 0.25) is 0 Å². The van der Waals surface area contributed by atoms with E-state index in [-0.39, 0.29) is 0 Å². The van der Waals surface area contributed by atoms with Crippen molar-refractivity contribution in [2.45, 2.75) is 58.5 Å². The van der Waals surface area contributed by atoms with Crippen molar-refractivity contribution < 1.29 is 9.53 Å². The molecule has 2 saturated heterocycles. The largest absolute Gasteiger partial charge is 0.492 e. The molecule has 1 aromatic carbocycles. The number of aryl methyl sites for hydroxylation is 1. The summed E-state index contributed by atoms with van der Waals surface area (Å²) in [5.41, 5.74) is 3.26. The fourth-order valence-electron chi connectivity index (χ4n) is 5.64. The molecule has 2 aliphatic heterocycles. The Kier molecular flexibility index (Phi) is 9.90. The number of benzene rings is 1. The number of hydrogen-bond donors (Lipinski definition) is 1. The zero-order chi connectivity index (χ0) is 27.1. The SMILES string of the molecule is CC.Cc1cc(OCCN2CCCC2)ccc1Nc1ncc(CN(C)C23CCSCC2C3)c(N(C)C=O)n1. The van der Waals surface area contributed by atoms with Crippen LogP contribution in [0.15, 0.2) is 24.4 Å². The molecule has 38 heavy (non-hydrogen) atoms. The molecule has 9 heteroatoms. The van der Waals surface area contributed by atoms with E-state index in [2.05, 4.69) is 38.9 Å². The van der Waals surface area contributed by atoms with E-state index in [1.54, 1.807) is 11.9 Å². The second kappa shape index (κ2) is 13.1. The number of anilines is 3. The minimum absolute atomic E-state index is 0.314. The molecule has 5 rings (SSSR count). The highest BCUT2D eigenvalue weighted by atomic mass is 32.2. The molecule has 2 aromatic rings. The summed E-state index contributed by atoms with van der Waals surface area (Å²) in [6, 6.07) is 6.03. The van der Waals surface area contributed by atoms with Gasteiger partial charge in [0.15, 0.2) is 0 Å². The molecule has 1 aromatic heterocycles. The lowest BCUT2D eigenvalue weighted by Gasteiger charge is -2.32. The number of carbonyl (C=O) groups excluding carboxylic acids is 1. The van der Waals surface area contributed by atoms with Crippen molar-refractivity contribution in [3.63, 3.8) is 0 Å². The summed E-state index contributed by atoms with van der Waals surface area (Å²) >= 11 is 2.07. The first-order chi connectivity index (χ1) is 18.5. The average Bonchev–Trinajstić information content (AvgIpc) is 3.49. The van der Waals surface area contributed by atoms with Crippen molar-refractivity contribution in [1.29, 1.82) is 0 Å². The Morgan fingerprint density at radius 2 is 2.05 bits per heavy atom. The molecule has 0 bridgehead atoms. The third-order valence-corrected chi connectivity index (χ3v) is 9.15. The molecule has 1 saturated carbocycles. The highest BCUT2D eigenvalue weighted by molar-refractivity contribution is 7.99. The predicted molar refractivity (Wildman–Crippen MR) is 158 cm³/mol. The van der Waals surface area contributed by atoms with Gasteiger partial charge in [-0.15, -0.1) is 0 Å². The molecular formula is C29H44N6O2S. The number of carbonyl (C=O) groups is 1. The minimum Gasteiger partial charge on any atom is -0.492 e. The zero-order valence-corrected chi connectivity index (χ0v) is 24.5. The molecule has 2 atom stereocenters. The zero-order valence-electron chi connectivity index (χ0n) is 23.7. The fraction of sp³-hybridized carbons (Fsp3) is 0.621. The van der Waals surface area contributed by atoms with Gasteiger partial charge in [0.05, 0.1) is 0 Å². The second-order valence-electron chi connectivity index (χ2n) is 10.4. The maximum atomic E-state index is 11.7. The molecule has 3 heterocycles. The number of amides is 1. The summed E-state index contributed by atoms with van der Waals surface area (Å²) < 4.78 is 5.98. The molecule has 1 N–H and O–H groups in total. The van der Waals surface area contributed by atoms with E-state index in [1.165, 1.54) is 50.3 Å². The fourth-order valence-corrected chi connectivity index (χ4v) is 7.02. The topological polar surface area (TPSA) is 73.8 Å². The molecule has 208 valence electrons.